The lowest BCUT2D eigenvalue weighted by Crippen LogP contribution is -2.34. The fourth-order valence-electron chi connectivity index (χ4n) is 0.901. The monoisotopic (exact) mass is 220 g/mol. The summed E-state index contributed by atoms with van der Waals surface area (Å²) in [6, 6.07) is 0. The lowest BCUT2D eigenvalue weighted by atomic mass is 10.3. The lowest BCUT2D eigenvalue weighted by molar-refractivity contribution is 0.234. The fourth-order valence-corrected chi connectivity index (χ4v) is 1.24. The van der Waals surface area contributed by atoms with E-state index in [0.717, 1.165) is 13.0 Å². The first-order valence-corrected chi connectivity index (χ1v) is 4.54. The fraction of sp³-hybridized carbons (Fsp3) is 0.833. The molecule has 64 valence electrons. The van der Waals surface area contributed by atoms with Gasteiger partial charge in [-0.05, 0) is 22.4 Å². The minimum atomic E-state index is 0.695. The third-order valence-electron chi connectivity index (χ3n) is 1.55. The van der Waals surface area contributed by atoms with E-state index < -0.39 is 0 Å². The first kappa shape index (κ1) is 8.80. The van der Waals surface area contributed by atoms with E-state index in [1.54, 1.807) is 5.01 Å². The van der Waals surface area contributed by atoms with Crippen molar-refractivity contribution in [2.45, 2.75) is 19.8 Å². The van der Waals surface area contributed by atoms with Gasteiger partial charge in [-0.15, -0.1) is 5.10 Å². The molecule has 11 heavy (non-hydrogen) atoms. The van der Waals surface area contributed by atoms with Crippen molar-refractivity contribution in [3.63, 3.8) is 0 Å². The number of halogens is 1. The van der Waals surface area contributed by atoms with E-state index in [1.807, 2.05) is 5.01 Å². The second kappa shape index (κ2) is 3.92. The number of nitrogens with zero attached hydrogens (tertiary/aromatic N) is 3. The molecule has 4 nitrogen and oxygen atoms in total. The SMILES string of the molecule is CCCCN1CN(N)C(Br)=N1. The maximum atomic E-state index is 5.55. The molecule has 1 aliphatic heterocycles. The number of rotatable bonds is 3. The van der Waals surface area contributed by atoms with Crippen molar-refractivity contribution in [3.8, 4) is 0 Å². The van der Waals surface area contributed by atoms with E-state index in [4.69, 9.17) is 5.84 Å². The second-order valence-corrected chi connectivity index (χ2v) is 3.27. The molecule has 0 aromatic carbocycles. The molecule has 1 rings (SSSR count). The zero-order valence-corrected chi connectivity index (χ0v) is 8.21. The van der Waals surface area contributed by atoms with Crippen LogP contribution >= 0.6 is 15.9 Å². The summed E-state index contributed by atoms with van der Waals surface area (Å²) in [5.74, 6) is 5.55. The minimum absolute atomic E-state index is 0.695. The van der Waals surface area contributed by atoms with Crippen LogP contribution < -0.4 is 5.84 Å². The van der Waals surface area contributed by atoms with Crippen LogP contribution in [0, 0.1) is 0 Å². The molecule has 0 spiro atoms. The van der Waals surface area contributed by atoms with E-state index in [1.165, 1.54) is 6.42 Å². The topological polar surface area (TPSA) is 44.9 Å². The van der Waals surface area contributed by atoms with Crippen LogP contribution in [0.15, 0.2) is 5.10 Å². The van der Waals surface area contributed by atoms with Gasteiger partial charge in [0.25, 0.3) is 0 Å². The summed E-state index contributed by atoms with van der Waals surface area (Å²) in [7, 11) is 0. The summed E-state index contributed by atoms with van der Waals surface area (Å²) in [4.78, 5) is 0. The number of unbranched alkanes of at least 4 members (excludes halogenated alkanes) is 1. The molecule has 0 bridgehead atoms. The summed E-state index contributed by atoms with van der Waals surface area (Å²) in [5.41, 5.74) is 0. The quantitative estimate of drug-likeness (QED) is 0.568. The normalized spacial score (nSPS) is 17.5. The number of hydrazine groups is 1. The van der Waals surface area contributed by atoms with Gasteiger partial charge in [-0.1, -0.05) is 13.3 Å². The Morgan fingerprint density at radius 2 is 2.45 bits per heavy atom. The summed E-state index contributed by atoms with van der Waals surface area (Å²) >= 11 is 3.25. The van der Waals surface area contributed by atoms with Crippen LogP contribution in [0.5, 0.6) is 0 Å². The molecule has 0 radical (unpaired) electrons. The predicted molar refractivity (Wildman–Crippen MR) is 48.9 cm³/mol. The summed E-state index contributed by atoms with van der Waals surface area (Å²) in [6.45, 7) is 3.84. The molecular weight excluding hydrogens is 208 g/mol. The molecule has 0 aromatic rings. The van der Waals surface area contributed by atoms with Gasteiger partial charge in [0.15, 0.2) is 0 Å². The maximum absolute atomic E-state index is 5.55. The molecule has 0 saturated carbocycles. The Labute approximate surface area is 75.1 Å². The van der Waals surface area contributed by atoms with E-state index in [0.29, 0.717) is 11.4 Å². The Balaban J connectivity index is 2.29. The zero-order valence-electron chi connectivity index (χ0n) is 6.63. The van der Waals surface area contributed by atoms with Crippen LogP contribution in [0.4, 0.5) is 0 Å². The number of amidine groups is 1. The van der Waals surface area contributed by atoms with E-state index in [2.05, 4.69) is 28.0 Å². The van der Waals surface area contributed by atoms with E-state index in [9.17, 15) is 0 Å². The van der Waals surface area contributed by atoms with Gasteiger partial charge in [-0.25, -0.2) is 5.84 Å². The number of nitrogens with two attached hydrogens (primary N) is 1. The van der Waals surface area contributed by atoms with Crippen molar-refractivity contribution in [1.29, 1.82) is 0 Å². The van der Waals surface area contributed by atoms with Gasteiger partial charge in [0, 0.05) is 6.54 Å². The molecule has 5 heteroatoms. The Bertz CT molecular complexity index is 159. The third-order valence-corrected chi connectivity index (χ3v) is 2.16. The zero-order chi connectivity index (χ0) is 8.27. The van der Waals surface area contributed by atoms with Crippen LogP contribution in [0.1, 0.15) is 19.8 Å². The first-order valence-electron chi connectivity index (χ1n) is 3.75. The summed E-state index contributed by atoms with van der Waals surface area (Å²) in [5, 5.41) is 7.71. The van der Waals surface area contributed by atoms with Crippen molar-refractivity contribution in [2.24, 2.45) is 10.9 Å². The molecular formula is C6H13BrN4. The molecule has 2 N–H and O–H groups in total. The van der Waals surface area contributed by atoms with Crippen molar-refractivity contribution in [3.05, 3.63) is 0 Å². The molecule has 1 heterocycles. The average Bonchev–Trinajstić information content (AvgIpc) is 2.28. The smallest absolute Gasteiger partial charge is 0.207 e. The second-order valence-electron chi connectivity index (χ2n) is 2.56. The number of hydrogen-bond donors (Lipinski definition) is 1. The van der Waals surface area contributed by atoms with Gasteiger partial charge in [0.1, 0.15) is 6.67 Å². The predicted octanol–water partition coefficient (Wildman–Crippen LogP) is 0.901. The summed E-state index contributed by atoms with van der Waals surface area (Å²) in [6.07, 6.45) is 2.35. The van der Waals surface area contributed by atoms with Crippen molar-refractivity contribution < 1.29 is 0 Å². The maximum Gasteiger partial charge on any atom is 0.207 e. The van der Waals surface area contributed by atoms with Crippen LogP contribution in [0.25, 0.3) is 0 Å². The van der Waals surface area contributed by atoms with E-state index >= 15 is 0 Å². The largest absolute Gasteiger partial charge is 0.273 e. The van der Waals surface area contributed by atoms with Crippen LogP contribution in [-0.4, -0.2) is 28.0 Å². The van der Waals surface area contributed by atoms with Gasteiger partial charge >= 0.3 is 0 Å². The highest BCUT2D eigenvalue weighted by molar-refractivity contribution is 9.18. The molecule has 0 aliphatic carbocycles. The highest BCUT2D eigenvalue weighted by Gasteiger charge is 2.16. The van der Waals surface area contributed by atoms with Gasteiger partial charge in [0.2, 0.25) is 4.74 Å². The van der Waals surface area contributed by atoms with Gasteiger partial charge in [0.05, 0.1) is 0 Å². The van der Waals surface area contributed by atoms with Crippen molar-refractivity contribution in [2.75, 3.05) is 13.2 Å². The molecule has 0 fully saturated rings. The van der Waals surface area contributed by atoms with Crippen LogP contribution in [0.2, 0.25) is 0 Å². The summed E-state index contributed by atoms with van der Waals surface area (Å²) < 4.78 is 0.716. The Morgan fingerprint density at radius 3 is 2.91 bits per heavy atom. The van der Waals surface area contributed by atoms with Crippen molar-refractivity contribution >= 4 is 20.7 Å². The number of hydrazone groups is 1. The van der Waals surface area contributed by atoms with Gasteiger partial charge in [-0.2, -0.15) is 0 Å². The lowest BCUT2D eigenvalue weighted by Gasteiger charge is -2.14. The first-order chi connectivity index (χ1) is 5.24. The molecule has 0 saturated heterocycles. The minimum Gasteiger partial charge on any atom is -0.273 e. The molecule has 0 aromatic heterocycles. The Kier molecular flexibility index (Phi) is 3.14. The van der Waals surface area contributed by atoms with Gasteiger partial charge < -0.3 is 0 Å². The number of hydrogen-bond acceptors (Lipinski definition) is 4. The molecule has 0 unspecified atom stereocenters. The van der Waals surface area contributed by atoms with Crippen molar-refractivity contribution in [1.82, 2.24) is 10.0 Å². The average molecular weight is 221 g/mol. The highest BCUT2D eigenvalue weighted by Crippen LogP contribution is 2.08. The van der Waals surface area contributed by atoms with Gasteiger partial charge in [-0.3, -0.25) is 10.0 Å². The van der Waals surface area contributed by atoms with Crippen LogP contribution in [0.3, 0.4) is 0 Å². The molecule has 0 amide bonds. The third kappa shape index (κ3) is 2.34. The Morgan fingerprint density at radius 1 is 1.73 bits per heavy atom. The van der Waals surface area contributed by atoms with E-state index in [-0.39, 0.29) is 0 Å². The molecule has 0 atom stereocenters. The Hall–Kier alpha value is -0.290. The van der Waals surface area contributed by atoms with Crippen LogP contribution in [-0.2, 0) is 0 Å². The highest BCUT2D eigenvalue weighted by atomic mass is 79.9. The standard InChI is InChI=1S/C6H13BrN4/c1-2-3-4-10-5-11(8)6(7)9-10/h2-5,8H2,1H3. The molecule has 1 aliphatic rings.